The average Bonchev–Trinajstić information content (AvgIpc) is 3.01. The smallest absolute Gasteiger partial charge is 0.191 e. The van der Waals surface area contributed by atoms with Gasteiger partial charge in [0.25, 0.3) is 0 Å². The van der Waals surface area contributed by atoms with Crippen molar-refractivity contribution in [1.29, 1.82) is 0 Å². The van der Waals surface area contributed by atoms with Gasteiger partial charge in [0.05, 0.1) is 6.10 Å². The number of guanidine groups is 1. The van der Waals surface area contributed by atoms with Crippen LogP contribution in [-0.4, -0.2) is 62.8 Å². The van der Waals surface area contributed by atoms with Gasteiger partial charge in [0.1, 0.15) is 0 Å². The lowest BCUT2D eigenvalue weighted by Crippen LogP contribution is -2.43. The molecule has 2 aliphatic rings. The Kier molecular flexibility index (Phi) is 10.4. The fraction of sp³-hybridized carbons (Fsp3) is 0.938. The number of ether oxygens (including phenoxy) is 1. The molecule has 0 radical (unpaired) electrons. The summed E-state index contributed by atoms with van der Waals surface area (Å²) in [5.41, 5.74) is 0. The minimum atomic E-state index is 0. The number of hydrogen-bond donors (Lipinski definition) is 2. The second-order valence-corrected chi connectivity index (χ2v) is 6.25. The normalized spacial score (nSPS) is 26.5. The highest BCUT2D eigenvalue weighted by atomic mass is 127. The third kappa shape index (κ3) is 7.00. The topological polar surface area (TPSA) is 48.9 Å². The van der Waals surface area contributed by atoms with Gasteiger partial charge in [0, 0.05) is 39.3 Å². The molecule has 0 aliphatic carbocycles. The van der Waals surface area contributed by atoms with Crippen molar-refractivity contribution < 1.29 is 4.74 Å². The number of hydrogen-bond acceptors (Lipinski definition) is 3. The summed E-state index contributed by atoms with van der Waals surface area (Å²) in [5.74, 6) is 0.900. The van der Waals surface area contributed by atoms with Gasteiger partial charge in [-0.15, -0.1) is 24.0 Å². The quantitative estimate of drug-likeness (QED) is 0.297. The third-order valence-electron chi connectivity index (χ3n) is 4.60. The van der Waals surface area contributed by atoms with Crippen LogP contribution in [0, 0.1) is 0 Å². The Labute approximate surface area is 152 Å². The van der Waals surface area contributed by atoms with Gasteiger partial charge in [0.15, 0.2) is 5.96 Å². The number of piperidine rings is 1. The number of aliphatic imine (C=N–C) groups is 1. The van der Waals surface area contributed by atoms with E-state index in [1.54, 1.807) is 0 Å². The molecule has 2 heterocycles. The largest absolute Gasteiger partial charge is 0.376 e. The molecule has 2 rings (SSSR count). The molecule has 22 heavy (non-hydrogen) atoms. The Balaban J connectivity index is 0.00000242. The van der Waals surface area contributed by atoms with Crippen molar-refractivity contribution in [3.05, 3.63) is 0 Å². The molecular weight excluding hydrogens is 391 g/mol. The van der Waals surface area contributed by atoms with Crippen LogP contribution in [0.15, 0.2) is 4.99 Å². The molecule has 0 saturated carbocycles. The Morgan fingerprint density at radius 2 is 2.09 bits per heavy atom. The maximum Gasteiger partial charge on any atom is 0.191 e. The molecule has 5 nitrogen and oxygen atoms in total. The molecule has 2 saturated heterocycles. The van der Waals surface area contributed by atoms with Crippen LogP contribution in [0.1, 0.15) is 45.4 Å². The Morgan fingerprint density at radius 3 is 2.77 bits per heavy atom. The molecule has 6 heteroatoms. The number of halogens is 1. The van der Waals surface area contributed by atoms with Crippen molar-refractivity contribution >= 4 is 29.9 Å². The molecule has 130 valence electrons. The number of nitrogens with zero attached hydrogens (tertiary/aromatic N) is 2. The van der Waals surface area contributed by atoms with Crippen molar-refractivity contribution in [3.63, 3.8) is 0 Å². The molecule has 0 spiro atoms. The zero-order valence-corrected chi connectivity index (χ0v) is 16.5. The van der Waals surface area contributed by atoms with Gasteiger partial charge in [-0.25, -0.2) is 0 Å². The first kappa shape index (κ1) is 20.0. The molecule has 2 aliphatic heterocycles. The van der Waals surface area contributed by atoms with E-state index < -0.39 is 0 Å². The van der Waals surface area contributed by atoms with Gasteiger partial charge < -0.3 is 20.3 Å². The fourth-order valence-electron chi connectivity index (χ4n) is 3.22. The monoisotopic (exact) mass is 424 g/mol. The van der Waals surface area contributed by atoms with E-state index in [4.69, 9.17) is 4.74 Å². The minimum Gasteiger partial charge on any atom is -0.376 e. The van der Waals surface area contributed by atoms with E-state index in [0.717, 1.165) is 38.1 Å². The van der Waals surface area contributed by atoms with E-state index in [9.17, 15) is 0 Å². The molecule has 0 aromatic carbocycles. The number of nitrogens with one attached hydrogen (secondary N) is 2. The van der Waals surface area contributed by atoms with Gasteiger partial charge in [-0.1, -0.05) is 6.42 Å². The third-order valence-corrected chi connectivity index (χ3v) is 4.60. The van der Waals surface area contributed by atoms with E-state index in [0.29, 0.717) is 6.10 Å². The molecule has 0 amide bonds. The van der Waals surface area contributed by atoms with Crippen LogP contribution in [-0.2, 0) is 4.74 Å². The lowest BCUT2D eigenvalue weighted by molar-refractivity contribution is 0.113. The second-order valence-electron chi connectivity index (χ2n) is 6.25. The van der Waals surface area contributed by atoms with Crippen molar-refractivity contribution in [3.8, 4) is 0 Å². The van der Waals surface area contributed by atoms with Crippen molar-refractivity contribution in [2.75, 3.05) is 39.8 Å². The fourth-order valence-corrected chi connectivity index (χ4v) is 3.22. The predicted octanol–water partition coefficient (Wildman–Crippen LogP) is 2.21. The van der Waals surface area contributed by atoms with Crippen LogP contribution in [0.2, 0.25) is 0 Å². The summed E-state index contributed by atoms with van der Waals surface area (Å²) in [6, 6.07) is 0.760. The Bertz CT molecular complexity index is 321. The summed E-state index contributed by atoms with van der Waals surface area (Å²) < 4.78 is 5.61. The highest BCUT2D eigenvalue weighted by Gasteiger charge is 2.17. The van der Waals surface area contributed by atoms with Crippen LogP contribution in [0.5, 0.6) is 0 Å². The first-order chi connectivity index (χ1) is 10.3. The Hall–Kier alpha value is -0.0800. The summed E-state index contributed by atoms with van der Waals surface area (Å²) in [5, 5.41) is 6.76. The Morgan fingerprint density at radius 1 is 1.23 bits per heavy atom. The van der Waals surface area contributed by atoms with Crippen LogP contribution in [0.3, 0.4) is 0 Å². The number of likely N-dealkylation sites (tertiary alicyclic amines) is 1. The lowest BCUT2D eigenvalue weighted by atomic mass is 10.0. The van der Waals surface area contributed by atoms with Gasteiger partial charge in [-0.3, -0.25) is 4.99 Å². The molecule has 0 bridgehead atoms. The standard InChI is InChI=1S/C16H32N4O.HI/c1-14-7-3-4-10-20(14)11-6-9-18-16(17-2)19-13-15-8-5-12-21-15;/h14-15H,3-13H2,1-2H3,(H2,17,18,19);1H. The average molecular weight is 424 g/mol. The summed E-state index contributed by atoms with van der Waals surface area (Å²) in [6.45, 7) is 7.57. The van der Waals surface area contributed by atoms with E-state index in [-0.39, 0.29) is 24.0 Å². The van der Waals surface area contributed by atoms with Gasteiger partial charge >= 0.3 is 0 Å². The highest BCUT2D eigenvalue weighted by Crippen LogP contribution is 2.16. The highest BCUT2D eigenvalue weighted by molar-refractivity contribution is 14.0. The van der Waals surface area contributed by atoms with E-state index in [1.807, 2.05) is 7.05 Å². The van der Waals surface area contributed by atoms with Gasteiger partial charge in [0.2, 0.25) is 0 Å². The summed E-state index contributed by atoms with van der Waals surface area (Å²) in [6.07, 6.45) is 8.00. The molecule has 0 aromatic heterocycles. The van der Waals surface area contributed by atoms with E-state index in [1.165, 1.54) is 45.2 Å². The molecule has 0 aromatic rings. The maximum atomic E-state index is 5.61. The van der Waals surface area contributed by atoms with Crippen LogP contribution >= 0.6 is 24.0 Å². The SMILES string of the molecule is CN=C(NCCCN1CCCCC1C)NCC1CCCO1.I. The molecule has 2 N–H and O–H groups in total. The number of rotatable bonds is 6. The first-order valence-corrected chi connectivity index (χ1v) is 8.60. The van der Waals surface area contributed by atoms with Gasteiger partial charge in [-0.2, -0.15) is 0 Å². The first-order valence-electron chi connectivity index (χ1n) is 8.60. The van der Waals surface area contributed by atoms with E-state index in [2.05, 4.69) is 27.4 Å². The maximum absolute atomic E-state index is 5.61. The zero-order valence-electron chi connectivity index (χ0n) is 14.1. The van der Waals surface area contributed by atoms with Crippen molar-refractivity contribution in [2.24, 2.45) is 4.99 Å². The summed E-state index contributed by atoms with van der Waals surface area (Å²) >= 11 is 0. The van der Waals surface area contributed by atoms with Crippen molar-refractivity contribution in [2.45, 2.75) is 57.6 Å². The molecule has 2 fully saturated rings. The van der Waals surface area contributed by atoms with Crippen molar-refractivity contribution in [1.82, 2.24) is 15.5 Å². The van der Waals surface area contributed by atoms with Crippen LogP contribution in [0.4, 0.5) is 0 Å². The van der Waals surface area contributed by atoms with E-state index >= 15 is 0 Å². The predicted molar refractivity (Wildman–Crippen MR) is 103 cm³/mol. The molecule has 2 unspecified atom stereocenters. The molecular formula is C16H33IN4O. The van der Waals surface area contributed by atoms with Gasteiger partial charge in [-0.05, 0) is 45.6 Å². The second kappa shape index (κ2) is 11.5. The summed E-state index contributed by atoms with van der Waals surface area (Å²) in [7, 11) is 1.83. The lowest BCUT2D eigenvalue weighted by Gasteiger charge is -2.33. The van der Waals surface area contributed by atoms with Crippen LogP contribution < -0.4 is 10.6 Å². The minimum absolute atomic E-state index is 0. The zero-order chi connectivity index (χ0) is 14.9. The summed E-state index contributed by atoms with van der Waals surface area (Å²) in [4.78, 5) is 6.89. The van der Waals surface area contributed by atoms with Crippen LogP contribution in [0.25, 0.3) is 0 Å². The molecule has 2 atom stereocenters.